The number of likely N-dealkylation sites (tertiary alicyclic amines) is 1. The van der Waals surface area contributed by atoms with Crippen molar-refractivity contribution in [2.75, 3.05) is 53.0 Å². The number of nitrogens with one attached hydrogen (secondary N) is 1. The summed E-state index contributed by atoms with van der Waals surface area (Å²) in [5, 5.41) is 5.81. The molecule has 2 aliphatic heterocycles. The van der Waals surface area contributed by atoms with Crippen LogP contribution in [0, 0.1) is 0 Å². The number of hydrogen-bond donors (Lipinski definition) is 1. The van der Waals surface area contributed by atoms with Gasteiger partial charge in [0.05, 0.1) is 19.3 Å². The van der Waals surface area contributed by atoms with Gasteiger partial charge < -0.3 is 19.7 Å². The molecular formula is C23H32N4O2S. The molecule has 30 heavy (non-hydrogen) atoms. The predicted octanol–water partition coefficient (Wildman–Crippen LogP) is 3.24. The molecule has 7 heteroatoms. The van der Waals surface area contributed by atoms with Crippen molar-refractivity contribution < 1.29 is 9.47 Å². The van der Waals surface area contributed by atoms with Gasteiger partial charge in [0.15, 0.2) is 5.96 Å². The van der Waals surface area contributed by atoms with E-state index in [1.54, 1.807) is 0 Å². The van der Waals surface area contributed by atoms with Crippen LogP contribution in [0.15, 0.2) is 52.8 Å². The van der Waals surface area contributed by atoms with Gasteiger partial charge in [0, 0.05) is 57.5 Å². The molecule has 1 unspecified atom stereocenters. The van der Waals surface area contributed by atoms with Crippen LogP contribution in [-0.4, -0.2) is 74.8 Å². The highest BCUT2D eigenvalue weighted by Gasteiger charge is 2.26. The Morgan fingerprint density at radius 2 is 1.90 bits per heavy atom. The van der Waals surface area contributed by atoms with Gasteiger partial charge in [-0.25, -0.2) is 0 Å². The average Bonchev–Trinajstić information content (AvgIpc) is 3.33. The summed E-state index contributed by atoms with van der Waals surface area (Å²) in [5.41, 5.74) is 0. The third-order valence-electron chi connectivity index (χ3n) is 5.81. The highest BCUT2D eigenvalue weighted by molar-refractivity contribution is 7.10. The molecule has 2 aliphatic rings. The number of nitrogens with zero attached hydrogens (tertiary/aromatic N) is 3. The maximum Gasteiger partial charge on any atom is 0.193 e. The van der Waals surface area contributed by atoms with Crippen LogP contribution in [-0.2, 0) is 4.74 Å². The molecule has 1 N–H and O–H groups in total. The van der Waals surface area contributed by atoms with Crippen molar-refractivity contribution in [1.82, 2.24) is 15.1 Å². The van der Waals surface area contributed by atoms with Crippen molar-refractivity contribution in [3.05, 3.63) is 52.7 Å². The van der Waals surface area contributed by atoms with Gasteiger partial charge in [-0.3, -0.25) is 9.89 Å². The second-order valence-electron chi connectivity index (χ2n) is 7.72. The van der Waals surface area contributed by atoms with E-state index in [0.29, 0.717) is 6.04 Å². The molecule has 0 saturated carbocycles. The van der Waals surface area contributed by atoms with E-state index in [1.165, 1.54) is 4.88 Å². The molecule has 1 aromatic carbocycles. The zero-order valence-electron chi connectivity index (χ0n) is 17.7. The van der Waals surface area contributed by atoms with Gasteiger partial charge in [0.25, 0.3) is 0 Å². The number of ether oxygens (including phenoxy) is 2. The summed E-state index contributed by atoms with van der Waals surface area (Å²) in [6.07, 6.45) is 2.29. The van der Waals surface area contributed by atoms with Crippen LogP contribution in [0.25, 0.3) is 0 Å². The molecule has 0 radical (unpaired) electrons. The van der Waals surface area contributed by atoms with Gasteiger partial charge in [0.1, 0.15) is 11.9 Å². The van der Waals surface area contributed by atoms with E-state index in [-0.39, 0.29) is 6.10 Å². The molecule has 0 aliphatic carbocycles. The number of morpholine rings is 1. The Bertz CT molecular complexity index is 770. The number of rotatable bonds is 6. The molecule has 2 aromatic rings. The van der Waals surface area contributed by atoms with Crippen LogP contribution in [0.4, 0.5) is 0 Å². The van der Waals surface area contributed by atoms with E-state index < -0.39 is 0 Å². The van der Waals surface area contributed by atoms with Gasteiger partial charge in [-0.15, -0.1) is 11.3 Å². The second kappa shape index (κ2) is 10.8. The van der Waals surface area contributed by atoms with E-state index in [0.717, 1.165) is 70.5 Å². The molecule has 3 heterocycles. The zero-order valence-corrected chi connectivity index (χ0v) is 18.5. The minimum absolute atomic E-state index is 0.272. The van der Waals surface area contributed by atoms with Crippen LogP contribution in [0.5, 0.6) is 5.75 Å². The number of benzene rings is 1. The number of para-hydroxylation sites is 1. The fourth-order valence-corrected chi connectivity index (χ4v) is 5.04. The standard InChI is InChI=1S/C23H32N4O2S/c1-24-23(27-11-9-20(10-12-27)29-19-6-3-2-4-7-19)25-18-21(22-8-5-17-30-22)26-13-15-28-16-14-26/h2-8,17,20-21H,9-16,18H2,1H3,(H,24,25). The first kappa shape index (κ1) is 21.2. The summed E-state index contributed by atoms with van der Waals surface area (Å²) < 4.78 is 11.7. The van der Waals surface area contributed by atoms with Crippen LogP contribution >= 0.6 is 11.3 Å². The first-order valence-electron chi connectivity index (χ1n) is 10.9. The van der Waals surface area contributed by atoms with Crippen LogP contribution in [0.2, 0.25) is 0 Å². The zero-order chi connectivity index (χ0) is 20.6. The van der Waals surface area contributed by atoms with Crippen molar-refractivity contribution >= 4 is 17.3 Å². The highest BCUT2D eigenvalue weighted by atomic mass is 32.1. The minimum atomic E-state index is 0.272. The normalized spacial score (nSPS) is 20.2. The molecule has 4 rings (SSSR count). The fraction of sp³-hybridized carbons (Fsp3) is 0.522. The molecule has 0 bridgehead atoms. The third-order valence-corrected chi connectivity index (χ3v) is 6.78. The highest BCUT2D eigenvalue weighted by Crippen LogP contribution is 2.25. The molecule has 2 fully saturated rings. The number of guanidine groups is 1. The Kier molecular flexibility index (Phi) is 7.61. The summed E-state index contributed by atoms with van der Waals surface area (Å²) in [4.78, 5) is 10.8. The molecule has 0 amide bonds. The van der Waals surface area contributed by atoms with Gasteiger partial charge in [0.2, 0.25) is 0 Å². The lowest BCUT2D eigenvalue weighted by Gasteiger charge is -2.37. The molecule has 162 valence electrons. The number of hydrogen-bond acceptors (Lipinski definition) is 5. The Morgan fingerprint density at radius 3 is 2.57 bits per heavy atom. The monoisotopic (exact) mass is 428 g/mol. The predicted molar refractivity (Wildman–Crippen MR) is 122 cm³/mol. The van der Waals surface area contributed by atoms with Gasteiger partial charge in [-0.1, -0.05) is 24.3 Å². The summed E-state index contributed by atoms with van der Waals surface area (Å²) in [6.45, 7) is 6.34. The Morgan fingerprint density at radius 1 is 1.13 bits per heavy atom. The summed E-state index contributed by atoms with van der Waals surface area (Å²) in [6, 6.07) is 14.9. The Balaban J connectivity index is 1.30. The van der Waals surface area contributed by atoms with E-state index in [9.17, 15) is 0 Å². The summed E-state index contributed by atoms with van der Waals surface area (Å²) in [7, 11) is 1.88. The lowest BCUT2D eigenvalue weighted by atomic mass is 10.1. The number of thiophene rings is 1. The van der Waals surface area contributed by atoms with Crippen LogP contribution in [0.1, 0.15) is 23.8 Å². The maximum atomic E-state index is 6.14. The number of aliphatic imine (C=N–C) groups is 1. The van der Waals surface area contributed by atoms with Crippen LogP contribution in [0.3, 0.4) is 0 Å². The van der Waals surface area contributed by atoms with E-state index >= 15 is 0 Å². The molecule has 1 atom stereocenters. The molecule has 2 saturated heterocycles. The second-order valence-corrected chi connectivity index (χ2v) is 8.70. The smallest absolute Gasteiger partial charge is 0.193 e. The van der Waals surface area contributed by atoms with E-state index in [2.05, 4.69) is 37.6 Å². The average molecular weight is 429 g/mol. The van der Waals surface area contributed by atoms with E-state index in [1.807, 2.05) is 48.7 Å². The van der Waals surface area contributed by atoms with Crippen molar-refractivity contribution in [1.29, 1.82) is 0 Å². The minimum Gasteiger partial charge on any atom is -0.490 e. The Hall–Kier alpha value is -2.09. The molecule has 0 spiro atoms. The molecule has 6 nitrogen and oxygen atoms in total. The fourth-order valence-electron chi connectivity index (χ4n) is 4.18. The lowest BCUT2D eigenvalue weighted by molar-refractivity contribution is 0.0175. The Labute approximate surface area is 183 Å². The first-order chi connectivity index (χ1) is 14.8. The number of piperidine rings is 1. The van der Waals surface area contributed by atoms with Gasteiger partial charge in [-0.2, -0.15) is 0 Å². The van der Waals surface area contributed by atoms with Crippen molar-refractivity contribution in [2.45, 2.75) is 25.0 Å². The van der Waals surface area contributed by atoms with Crippen molar-refractivity contribution in [2.24, 2.45) is 4.99 Å². The topological polar surface area (TPSA) is 49.3 Å². The van der Waals surface area contributed by atoms with Crippen LogP contribution < -0.4 is 10.1 Å². The maximum absolute atomic E-state index is 6.14. The summed E-state index contributed by atoms with van der Waals surface area (Å²) >= 11 is 1.83. The van der Waals surface area contributed by atoms with Gasteiger partial charge in [-0.05, 0) is 23.6 Å². The largest absolute Gasteiger partial charge is 0.490 e. The van der Waals surface area contributed by atoms with Gasteiger partial charge >= 0.3 is 0 Å². The molecular weight excluding hydrogens is 396 g/mol. The summed E-state index contributed by atoms with van der Waals surface area (Å²) in [5.74, 6) is 1.95. The van der Waals surface area contributed by atoms with E-state index in [4.69, 9.17) is 9.47 Å². The van der Waals surface area contributed by atoms with Crippen molar-refractivity contribution in [3.63, 3.8) is 0 Å². The third kappa shape index (κ3) is 5.53. The van der Waals surface area contributed by atoms with Crippen molar-refractivity contribution in [3.8, 4) is 5.75 Å². The quantitative estimate of drug-likeness (QED) is 0.565. The lowest BCUT2D eigenvalue weighted by Crippen LogP contribution is -2.50. The first-order valence-corrected chi connectivity index (χ1v) is 11.7. The molecule has 1 aromatic heterocycles. The SMILES string of the molecule is CN=C(NCC(c1cccs1)N1CCOCC1)N1CCC(Oc2ccccc2)CC1.